The Morgan fingerprint density at radius 3 is 2.68 bits per heavy atom. The van der Waals surface area contributed by atoms with Crippen LogP contribution in [0.1, 0.15) is 24.1 Å². The summed E-state index contributed by atoms with van der Waals surface area (Å²) in [5.41, 5.74) is 1.57. The van der Waals surface area contributed by atoms with Gasteiger partial charge < -0.3 is 10.1 Å². The van der Waals surface area contributed by atoms with Crippen molar-refractivity contribution in [3.05, 3.63) is 64.1 Å². The summed E-state index contributed by atoms with van der Waals surface area (Å²) in [6.07, 6.45) is 0. The smallest absolute Gasteiger partial charge is 0.258 e. The van der Waals surface area contributed by atoms with Crippen molar-refractivity contribution in [1.82, 2.24) is 5.32 Å². The SMILES string of the molecule is CC(NC(=O)COc1ccc(C#N)cc1)c1cccc(Br)c1. The zero-order chi connectivity index (χ0) is 15.9. The predicted molar refractivity (Wildman–Crippen MR) is 87.4 cm³/mol. The Morgan fingerprint density at radius 2 is 2.05 bits per heavy atom. The summed E-state index contributed by atoms with van der Waals surface area (Å²) in [6.45, 7) is 1.85. The van der Waals surface area contributed by atoms with E-state index in [0.717, 1.165) is 10.0 Å². The van der Waals surface area contributed by atoms with E-state index < -0.39 is 0 Å². The van der Waals surface area contributed by atoms with Gasteiger partial charge in [0.25, 0.3) is 5.91 Å². The number of halogens is 1. The van der Waals surface area contributed by atoms with Crippen molar-refractivity contribution < 1.29 is 9.53 Å². The van der Waals surface area contributed by atoms with E-state index in [0.29, 0.717) is 11.3 Å². The molecule has 0 saturated carbocycles. The van der Waals surface area contributed by atoms with Crippen LogP contribution in [0.4, 0.5) is 0 Å². The summed E-state index contributed by atoms with van der Waals surface area (Å²) in [4.78, 5) is 11.9. The number of nitriles is 1. The molecule has 1 amide bonds. The molecule has 5 heteroatoms. The lowest BCUT2D eigenvalue weighted by Gasteiger charge is -2.15. The summed E-state index contributed by atoms with van der Waals surface area (Å²) in [6, 6.07) is 16.4. The van der Waals surface area contributed by atoms with Crippen LogP contribution in [-0.2, 0) is 4.79 Å². The number of hydrogen-bond acceptors (Lipinski definition) is 3. The van der Waals surface area contributed by atoms with Gasteiger partial charge in [0.15, 0.2) is 6.61 Å². The molecular weight excluding hydrogens is 344 g/mol. The first-order valence-corrected chi connectivity index (χ1v) is 7.55. The molecule has 0 saturated heterocycles. The van der Waals surface area contributed by atoms with Crippen molar-refractivity contribution in [2.24, 2.45) is 0 Å². The molecule has 0 aromatic heterocycles. The number of amides is 1. The number of nitrogens with one attached hydrogen (secondary N) is 1. The molecule has 4 nitrogen and oxygen atoms in total. The van der Waals surface area contributed by atoms with Gasteiger partial charge in [0.1, 0.15) is 5.75 Å². The molecule has 112 valence electrons. The molecule has 0 aliphatic carbocycles. The second kappa shape index (κ2) is 7.62. The van der Waals surface area contributed by atoms with Crippen molar-refractivity contribution in [1.29, 1.82) is 5.26 Å². The van der Waals surface area contributed by atoms with E-state index in [1.165, 1.54) is 0 Å². The molecule has 1 atom stereocenters. The minimum Gasteiger partial charge on any atom is -0.484 e. The largest absolute Gasteiger partial charge is 0.484 e. The molecule has 0 aliphatic rings. The first-order chi connectivity index (χ1) is 10.6. The van der Waals surface area contributed by atoms with E-state index in [-0.39, 0.29) is 18.6 Å². The molecule has 0 aliphatic heterocycles. The van der Waals surface area contributed by atoms with Crippen molar-refractivity contribution in [3.8, 4) is 11.8 Å². The number of carbonyl (C=O) groups excluding carboxylic acids is 1. The number of hydrogen-bond donors (Lipinski definition) is 1. The summed E-state index contributed by atoms with van der Waals surface area (Å²) in [5, 5.41) is 11.6. The van der Waals surface area contributed by atoms with Gasteiger partial charge in [-0.2, -0.15) is 5.26 Å². The quantitative estimate of drug-likeness (QED) is 0.888. The third-order valence-corrected chi connectivity index (χ3v) is 3.57. The van der Waals surface area contributed by atoms with Gasteiger partial charge in [-0.05, 0) is 48.9 Å². The first-order valence-electron chi connectivity index (χ1n) is 6.76. The highest BCUT2D eigenvalue weighted by Gasteiger charge is 2.10. The second-order valence-electron chi connectivity index (χ2n) is 4.77. The molecule has 0 spiro atoms. The fourth-order valence-electron chi connectivity index (χ4n) is 1.92. The van der Waals surface area contributed by atoms with Gasteiger partial charge in [0.05, 0.1) is 17.7 Å². The molecule has 0 fully saturated rings. The lowest BCUT2D eigenvalue weighted by molar-refractivity contribution is -0.123. The van der Waals surface area contributed by atoms with Crippen molar-refractivity contribution in [2.75, 3.05) is 6.61 Å². The van der Waals surface area contributed by atoms with Crippen molar-refractivity contribution in [3.63, 3.8) is 0 Å². The van der Waals surface area contributed by atoms with Gasteiger partial charge in [-0.1, -0.05) is 28.1 Å². The number of benzene rings is 2. The number of carbonyl (C=O) groups is 1. The Morgan fingerprint density at radius 1 is 1.32 bits per heavy atom. The van der Waals surface area contributed by atoms with Gasteiger partial charge in [0.2, 0.25) is 0 Å². The van der Waals surface area contributed by atoms with Gasteiger partial charge in [-0.3, -0.25) is 4.79 Å². The van der Waals surface area contributed by atoms with E-state index >= 15 is 0 Å². The van der Waals surface area contributed by atoms with Crippen molar-refractivity contribution in [2.45, 2.75) is 13.0 Å². The summed E-state index contributed by atoms with van der Waals surface area (Å²) in [5.74, 6) is 0.362. The Bertz CT molecular complexity index is 693. The molecule has 1 N–H and O–H groups in total. The molecule has 2 rings (SSSR count). The van der Waals surface area contributed by atoms with E-state index in [9.17, 15) is 4.79 Å². The van der Waals surface area contributed by atoms with Crippen LogP contribution >= 0.6 is 15.9 Å². The number of ether oxygens (including phenoxy) is 1. The maximum atomic E-state index is 11.9. The van der Waals surface area contributed by atoms with Crippen LogP contribution in [0.5, 0.6) is 5.75 Å². The van der Waals surface area contributed by atoms with E-state index in [1.54, 1.807) is 24.3 Å². The summed E-state index contributed by atoms with van der Waals surface area (Å²) < 4.78 is 6.37. The lowest BCUT2D eigenvalue weighted by atomic mass is 10.1. The van der Waals surface area contributed by atoms with Gasteiger partial charge in [0, 0.05) is 4.47 Å². The minimum atomic E-state index is -0.197. The Balaban J connectivity index is 1.86. The van der Waals surface area contributed by atoms with Crippen LogP contribution in [-0.4, -0.2) is 12.5 Å². The molecule has 0 bridgehead atoms. The third kappa shape index (κ3) is 4.61. The molecule has 1 unspecified atom stereocenters. The Hall–Kier alpha value is -2.32. The van der Waals surface area contributed by atoms with Crippen LogP contribution in [0.25, 0.3) is 0 Å². The van der Waals surface area contributed by atoms with Crippen LogP contribution in [0.3, 0.4) is 0 Å². The standard InChI is InChI=1S/C17H15BrN2O2/c1-12(14-3-2-4-15(18)9-14)20-17(21)11-22-16-7-5-13(10-19)6-8-16/h2-9,12H,11H2,1H3,(H,20,21). The highest BCUT2D eigenvalue weighted by Crippen LogP contribution is 2.18. The minimum absolute atomic E-state index is 0.0652. The summed E-state index contributed by atoms with van der Waals surface area (Å²) >= 11 is 3.41. The maximum absolute atomic E-state index is 11.9. The fourth-order valence-corrected chi connectivity index (χ4v) is 2.33. The lowest BCUT2D eigenvalue weighted by Crippen LogP contribution is -2.31. The maximum Gasteiger partial charge on any atom is 0.258 e. The van der Waals surface area contributed by atoms with Gasteiger partial charge >= 0.3 is 0 Å². The van der Waals surface area contributed by atoms with E-state index in [1.807, 2.05) is 37.3 Å². The molecular formula is C17H15BrN2O2. The number of nitrogens with zero attached hydrogens (tertiary/aromatic N) is 1. The zero-order valence-corrected chi connectivity index (χ0v) is 13.6. The molecule has 22 heavy (non-hydrogen) atoms. The monoisotopic (exact) mass is 358 g/mol. The number of rotatable bonds is 5. The Kier molecular flexibility index (Phi) is 5.56. The molecule has 2 aromatic carbocycles. The van der Waals surface area contributed by atoms with Gasteiger partial charge in [-0.15, -0.1) is 0 Å². The topological polar surface area (TPSA) is 62.1 Å². The average molecular weight is 359 g/mol. The van der Waals surface area contributed by atoms with Crippen molar-refractivity contribution >= 4 is 21.8 Å². The fraction of sp³-hybridized carbons (Fsp3) is 0.176. The summed E-state index contributed by atoms with van der Waals surface area (Å²) in [7, 11) is 0. The van der Waals surface area contributed by atoms with Crippen LogP contribution in [0.2, 0.25) is 0 Å². The third-order valence-electron chi connectivity index (χ3n) is 3.08. The molecule has 0 radical (unpaired) electrons. The van der Waals surface area contributed by atoms with E-state index in [2.05, 4.69) is 21.2 Å². The average Bonchev–Trinajstić information content (AvgIpc) is 2.53. The van der Waals surface area contributed by atoms with E-state index in [4.69, 9.17) is 10.00 Å². The predicted octanol–water partition coefficient (Wildman–Crippen LogP) is 3.58. The Labute approximate surface area is 137 Å². The van der Waals surface area contributed by atoms with Gasteiger partial charge in [-0.25, -0.2) is 0 Å². The first kappa shape index (κ1) is 16.1. The second-order valence-corrected chi connectivity index (χ2v) is 5.68. The van der Waals surface area contributed by atoms with Crippen LogP contribution in [0, 0.1) is 11.3 Å². The van der Waals surface area contributed by atoms with Crippen LogP contribution in [0.15, 0.2) is 53.0 Å². The highest BCUT2D eigenvalue weighted by molar-refractivity contribution is 9.10. The molecule has 2 aromatic rings. The van der Waals surface area contributed by atoms with Crippen LogP contribution < -0.4 is 10.1 Å². The normalized spacial score (nSPS) is 11.3. The zero-order valence-electron chi connectivity index (χ0n) is 12.0. The highest BCUT2D eigenvalue weighted by atomic mass is 79.9. The molecule has 0 heterocycles.